The minimum absolute atomic E-state index is 0.0811. The molecule has 0 unspecified atom stereocenters. The van der Waals surface area contributed by atoms with Crippen LogP contribution in [0.5, 0.6) is 0 Å². The maximum absolute atomic E-state index is 11.8. The van der Waals surface area contributed by atoms with Gasteiger partial charge in [-0.05, 0) is 43.7 Å². The Morgan fingerprint density at radius 2 is 1.60 bits per heavy atom. The van der Waals surface area contributed by atoms with E-state index in [1.165, 1.54) is 35.1 Å². The van der Waals surface area contributed by atoms with E-state index in [1.807, 2.05) is 30.4 Å². The number of hydrogen-bond acceptors (Lipinski definition) is 3. The summed E-state index contributed by atoms with van der Waals surface area (Å²) in [5.74, 6) is 0.161. The fourth-order valence-electron chi connectivity index (χ4n) is 5.35. The van der Waals surface area contributed by atoms with Gasteiger partial charge in [-0.25, -0.2) is 0 Å². The van der Waals surface area contributed by atoms with Crippen molar-refractivity contribution in [3.8, 4) is 0 Å². The van der Waals surface area contributed by atoms with E-state index in [2.05, 4.69) is 106 Å². The van der Waals surface area contributed by atoms with Crippen LogP contribution in [0.4, 0.5) is 11.4 Å². The summed E-state index contributed by atoms with van der Waals surface area (Å²) in [6.45, 7) is 10.3. The maximum atomic E-state index is 11.8. The van der Waals surface area contributed by atoms with E-state index in [0.29, 0.717) is 5.76 Å². The summed E-state index contributed by atoms with van der Waals surface area (Å²) in [6.07, 6.45) is 11.8. The van der Waals surface area contributed by atoms with Gasteiger partial charge in [0.05, 0.1) is 5.41 Å². The number of carbonyl (C=O) groups is 1. The number of nitrogens with zero attached hydrogens (tertiary/aromatic N) is 2. The molecule has 0 radical (unpaired) electrons. The van der Waals surface area contributed by atoms with Crippen molar-refractivity contribution in [3.05, 3.63) is 108 Å². The smallest absolute Gasteiger partial charge is 0.308 e. The molecular weight excluding hydrogens is 432 g/mol. The first-order valence-electron chi connectivity index (χ1n) is 12.0. The molecule has 4 rings (SSSR count). The van der Waals surface area contributed by atoms with E-state index in [1.54, 1.807) is 0 Å². The number of hydrogen-bond donors (Lipinski definition) is 0. The van der Waals surface area contributed by atoms with Crippen LogP contribution in [0.3, 0.4) is 0 Å². The van der Waals surface area contributed by atoms with Crippen LogP contribution < -0.4 is 4.90 Å². The number of anilines is 1. The Labute approximate surface area is 209 Å². The normalized spacial score (nSPS) is 19.7. The van der Waals surface area contributed by atoms with Crippen molar-refractivity contribution in [2.24, 2.45) is 0 Å². The summed E-state index contributed by atoms with van der Waals surface area (Å²) in [7, 11) is 4.18. The number of rotatable bonds is 5. The fraction of sp³-hybridized carbons (Fsp3) is 0.290. The monoisotopic (exact) mass is 467 g/mol. The molecule has 4 heteroatoms. The molecule has 2 aromatic carbocycles. The predicted octanol–water partition coefficient (Wildman–Crippen LogP) is 6.56. The van der Waals surface area contributed by atoms with E-state index in [4.69, 9.17) is 4.74 Å². The third-order valence-electron chi connectivity index (χ3n) is 7.17. The quantitative estimate of drug-likeness (QED) is 0.216. The van der Waals surface area contributed by atoms with Gasteiger partial charge in [-0.3, -0.25) is 4.79 Å². The van der Waals surface area contributed by atoms with Gasteiger partial charge in [-0.2, -0.15) is 4.58 Å². The van der Waals surface area contributed by atoms with E-state index in [0.717, 1.165) is 5.71 Å². The van der Waals surface area contributed by atoms with Gasteiger partial charge in [0.1, 0.15) is 12.8 Å². The highest BCUT2D eigenvalue weighted by Crippen LogP contribution is 2.46. The van der Waals surface area contributed by atoms with Gasteiger partial charge in [-0.15, -0.1) is 0 Å². The first-order chi connectivity index (χ1) is 16.5. The van der Waals surface area contributed by atoms with Crippen molar-refractivity contribution in [2.45, 2.75) is 45.4 Å². The van der Waals surface area contributed by atoms with E-state index in [-0.39, 0.29) is 16.8 Å². The van der Waals surface area contributed by atoms with Gasteiger partial charge >= 0.3 is 5.97 Å². The summed E-state index contributed by atoms with van der Waals surface area (Å²) < 4.78 is 7.70. The summed E-state index contributed by atoms with van der Waals surface area (Å²) in [5.41, 5.74) is 7.19. The van der Waals surface area contributed by atoms with E-state index >= 15 is 0 Å². The lowest BCUT2D eigenvalue weighted by atomic mass is 9.81. The second-order valence-electron chi connectivity index (χ2n) is 10.2. The molecule has 0 atom stereocenters. The molecule has 0 N–H and O–H groups in total. The molecule has 0 fully saturated rings. The van der Waals surface area contributed by atoms with Gasteiger partial charge in [0.15, 0.2) is 5.71 Å². The molecule has 0 aliphatic carbocycles. The highest BCUT2D eigenvalue weighted by Gasteiger charge is 2.42. The number of carbonyl (C=O) groups excluding carboxylic acids is 1. The zero-order chi connectivity index (χ0) is 25.4. The van der Waals surface area contributed by atoms with Crippen LogP contribution in [0.2, 0.25) is 0 Å². The SMILES string of the molecule is CC(=O)OC(C=CC1=[N+](C)c2ccccc2C1(C)C)=CC=CC=C1N(C)c2ccccc2C1(C)C. The van der Waals surface area contributed by atoms with Gasteiger partial charge in [0.25, 0.3) is 0 Å². The molecule has 0 bridgehead atoms. The number of para-hydroxylation sites is 2. The van der Waals surface area contributed by atoms with Crippen LogP contribution in [0.15, 0.2) is 96.4 Å². The first kappa shape index (κ1) is 24.5. The molecule has 0 spiro atoms. The van der Waals surface area contributed by atoms with Crippen molar-refractivity contribution >= 4 is 23.1 Å². The number of likely N-dealkylation sites (N-methyl/N-ethyl adjacent to an activating group) is 1. The molecule has 0 amide bonds. The van der Waals surface area contributed by atoms with Crippen LogP contribution >= 0.6 is 0 Å². The van der Waals surface area contributed by atoms with Crippen LogP contribution in [0.25, 0.3) is 0 Å². The van der Waals surface area contributed by atoms with Crippen LogP contribution in [0.1, 0.15) is 45.7 Å². The van der Waals surface area contributed by atoms with Crippen LogP contribution in [-0.2, 0) is 20.4 Å². The Morgan fingerprint density at radius 3 is 2.26 bits per heavy atom. The standard InChI is InChI=1S/C31H35N2O2/c1-22(34)35-23(20-21-29-31(4,5)25-16-10-12-18-27(25)33(29)7)14-8-13-19-28-30(2,3)24-15-9-11-17-26(24)32(28)6/h8-21H,1-7H3/q+1. The molecule has 2 aliphatic rings. The second kappa shape index (κ2) is 9.18. The Morgan fingerprint density at radius 1 is 0.943 bits per heavy atom. The summed E-state index contributed by atoms with van der Waals surface area (Å²) in [5, 5.41) is 0. The Bertz CT molecular complexity index is 1320. The highest BCUT2D eigenvalue weighted by molar-refractivity contribution is 6.03. The molecule has 0 aromatic heterocycles. The van der Waals surface area contributed by atoms with E-state index in [9.17, 15) is 4.79 Å². The number of ether oxygens (including phenoxy) is 1. The lowest BCUT2D eigenvalue weighted by molar-refractivity contribution is -0.401. The van der Waals surface area contributed by atoms with Crippen LogP contribution in [-0.4, -0.2) is 30.4 Å². The molecule has 0 saturated heterocycles. The minimum Gasteiger partial charge on any atom is -0.427 e. The molecule has 2 aromatic rings. The van der Waals surface area contributed by atoms with Crippen molar-refractivity contribution in [1.29, 1.82) is 0 Å². The Balaban J connectivity index is 1.59. The third kappa shape index (κ3) is 4.41. The number of fused-ring (bicyclic) bond motifs is 2. The van der Waals surface area contributed by atoms with Gasteiger partial charge < -0.3 is 9.64 Å². The van der Waals surface area contributed by atoms with Crippen molar-refractivity contribution < 1.29 is 14.1 Å². The third-order valence-corrected chi connectivity index (χ3v) is 7.17. The Kier molecular flexibility index (Phi) is 6.42. The summed E-state index contributed by atoms with van der Waals surface area (Å²) in [4.78, 5) is 14.0. The van der Waals surface area contributed by atoms with Crippen LogP contribution in [0, 0.1) is 0 Å². The zero-order valence-corrected chi connectivity index (χ0v) is 21.8. The lowest BCUT2D eigenvalue weighted by Crippen LogP contribution is -2.26. The zero-order valence-electron chi connectivity index (χ0n) is 21.8. The number of esters is 1. The molecule has 0 saturated carbocycles. The van der Waals surface area contributed by atoms with Gasteiger partial charge in [0.2, 0.25) is 5.69 Å². The van der Waals surface area contributed by atoms with Crippen molar-refractivity contribution in [1.82, 2.24) is 0 Å². The predicted molar refractivity (Wildman–Crippen MR) is 144 cm³/mol. The molecule has 2 aliphatic heterocycles. The van der Waals surface area contributed by atoms with Crippen molar-refractivity contribution in [2.75, 3.05) is 19.0 Å². The minimum atomic E-state index is -0.341. The second-order valence-corrected chi connectivity index (χ2v) is 10.2. The summed E-state index contributed by atoms with van der Waals surface area (Å²) >= 11 is 0. The molecule has 180 valence electrons. The average molecular weight is 468 g/mol. The fourth-order valence-corrected chi connectivity index (χ4v) is 5.35. The molecule has 4 nitrogen and oxygen atoms in total. The van der Waals surface area contributed by atoms with Gasteiger partial charge in [0, 0.05) is 48.5 Å². The molecular formula is C31H35N2O2+. The topological polar surface area (TPSA) is 32.6 Å². The van der Waals surface area contributed by atoms with Gasteiger partial charge in [-0.1, -0.05) is 62.4 Å². The maximum Gasteiger partial charge on any atom is 0.308 e. The molecule has 2 heterocycles. The number of benzene rings is 2. The van der Waals surface area contributed by atoms with Crippen molar-refractivity contribution in [3.63, 3.8) is 0 Å². The number of allylic oxidation sites excluding steroid dienone is 7. The first-order valence-corrected chi connectivity index (χ1v) is 12.0. The highest BCUT2D eigenvalue weighted by atomic mass is 16.5. The lowest BCUT2D eigenvalue weighted by Gasteiger charge is -2.23. The average Bonchev–Trinajstić information content (AvgIpc) is 3.13. The van der Waals surface area contributed by atoms with E-state index < -0.39 is 0 Å². The summed E-state index contributed by atoms with van der Waals surface area (Å²) in [6, 6.07) is 17.0. The largest absolute Gasteiger partial charge is 0.427 e. The Hall–Kier alpha value is -3.66. The molecule has 35 heavy (non-hydrogen) atoms.